The Kier molecular flexibility index (Phi) is 8.31. The summed E-state index contributed by atoms with van der Waals surface area (Å²) < 4.78 is 0. The van der Waals surface area contributed by atoms with Crippen LogP contribution >= 0.6 is 0 Å². The van der Waals surface area contributed by atoms with Crippen molar-refractivity contribution in [3.05, 3.63) is 0 Å². The number of carbonyl (C=O) groups excluding carboxylic acids is 1. The molecule has 19 heavy (non-hydrogen) atoms. The van der Waals surface area contributed by atoms with Gasteiger partial charge in [-0.1, -0.05) is 33.6 Å². The van der Waals surface area contributed by atoms with Gasteiger partial charge in [-0.25, -0.2) is 0 Å². The zero-order chi connectivity index (χ0) is 14.9. The maximum atomic E-state index is 11.6. The van der Waals surface area contributed by atoms with Crippen molar-refractivity contribution in [2.75, 3.05) is 13.1 Å². The molecule has 1 amide bonds. The molecule has 0 atom stereocenters. The van der Waals surface area contributed by atoms with Crippen LogP contribution in [0.2, 0.25) is 0 Å². The van der Waals surface area contributed by atoms with Gasteiger partial charge in [0.25, 0.3) is 0 Å². The van der Waals surface area contributed by atoms with Crippen LogP contribution in [0.1, 0.15) is 73.6 Å². The number of amides is 1. The van der Waals surface area contributed by atoms with Crippen molar-refractivity contribution in [2.24, 2.45) is 5.41 Å². The summed E-state index contributed by atoms with van der Waals surface area (Å²) >= 11 is 0. The fraction of sp³-hybridized carbons (Fsp3) is 0.938. The maximum absolute atomic E-state index is 11.6. The molecule has 114 valence electrons. The number of hydrogen-bond donors (Lipinski definition) is 2. The molecule has 0 unspecified atom stereocenters. The van der Waals surface area contributed by atoms with Crippen molar-refractivity contribution in [3.8, 4) is 0 Å². The Bertz CT molecular complexity index is 248. The van der Waals surface area contributed by atoms with E-state index in [1.54, 1.807) is 0 Å². The second-order valence-corrected chi connectivity index (χ2v) is 7.65. The third kappa shape index (κ3) is 15.4. The van der Waals surface area contributed by atoms with Gasteiger partial charge in [0.2, 0.25) is 5.91 Å². The van der Waals surface area contributed by atoms with Gasteiger partial charge in [-0.2, -0.15) is 0 Å². The molecular formula is C16H34N2O. The number of unbranched alkanes of at least 4 members (excludes halogenated alkanes) is 2. The van der Waals surface area contributed by atoms with E-state index >= 15 is 0 Å². The highest BCUT2D eigenvalue weighted by atomic mass is 16.1. The number of rotatable bonds is 8. The summed E-state index contributed by atoms with van der Waals surface area (Å²) in [6.07, 6.45) is 5.38. The van der Waals surface area contributed by atoms with Crippen LogP contribution in [-0.2, 0) is 4.79 Å². The van der Waals surface area contributed by atoms with Crippen LogP contribution in [0.25, 0.3) is 0 Å². The lowest BCUT2D eigenvalue weighted by atomic mass is 9.89. The molecule has 0 aliphatic carbocycles. The molecule has 0 aliphatic rings. The third-order valence-electron chi connectivity index (χ3n) is 2.93. The summed E-state index contributed by atoms with van der Waals surface area (Å²) in [5.41, 5.74) is 0.523. The number of carbonyl (C=O) groups is 1. The van der Waals surface area contributed by atoms with Gasteiger partial charge < -0.3 is 10.6 Å². The van der Waals surface area contributed by atoms with Crippen molar-refractivity contribution >= 4 is 5.91 Å². The van der Waals surface area contributed by atoms with Crippen molar-refractivity contribution in [2.45, 2.75) is 79.2 Å². The van der Waals surface area contributed by atoms with Gasteiger partial charge in [0.05, 0.1) is 0 Å². The van der Waals surface area contributed by atoms with E-state index in [0.717, 1.165) is 19.5 Å². The van der Waals surface area contributed by atoms with Gasteiger partial charge in [0.15, 0.2) is 0 Å². The van der Waals surface area contributed by atoms with Gasteiger partial charge >= 0.3 is 0 Å². The first-order valence-electron chi connectivity index (χ1n) is 7.62. The maximum Gasteiger partial charge on any atom is 0.221 e. The van der Waals surface area contributed by atoms with Gasteiger partial charge in [-0.15, -0.1) is 0 Å². The lowest BCUT2D eigenvalue weighted by molar-refractivity contribution is -0.121. The summed E-state index contributed by atoms with van der Waals surface area (Å²) in [6.45, 7) is 14.7. The molecule has 3 nitrogen and oxygen atoms in total. The first kappa shape index (κ1) is 18.4. The highest BCUT2D eigenvalue weighted by Crippen LogP contribution is 2.21. The van der Waals surface area contributed by atoms with Gasteiger partial charge in [0, 0.05) is 25.0 Å². The molecule has 0 rings (SSSR count). The molecule has 0 aromatic carbocycles. The predicted octanol–water partition coefficient (Wildman–Crippen LogP) is 3.49. The zero-order valence-corrected chi connectivity index (χ0v) is 13.9. The first-order chi connectivity index (χ1) is 8.60. The molecule has 0 radical (unpaired) electrons. The van der Waals surface area contributed by atoms with E-state index in [-0.39, 0.29) is 11.4 Å². The second-order valence-electron chi connectivity index (χ2n) is 7.65. The molecule has 3 heteroatoms. The summed E-state index contributed by atoms with van der Waals surface area (Å²) in [5, 5.41) is 6.31. The summed E-state index contributed by atoms with van der Waals surface area (Å²) in [5.74, 6) is 0.160. The number of nitrogens with one attached hydrogen (secondary N) is 2. The van der Waals surface area contributed by atoms with E-state index in [9.17, 15) is 4.79 Å². The van der Waals surface area contributed by atoms with Crippen molar-refractivity contribution < 1.29 is 4.79 Å². The van der Waals surface area contributed by atoms with Gasteiger partial charge in [-0.05, 0) is 39.0 Å². The highest BCUT2D eigenvalue weighted by Gasteiger charge is 2.10. The summed E-state index contributed by atoms with van der Waals surface area (Å²) in [7, 11) is 0. The summed E-state index contributed by atoms with van der Waals surface area (Å²) in [6, 6.07) is 0. The summed E-state index contributed by atoms with van der Waals surface area (Å²) in [4.78, 5) is 11.6. The Balaban J connectivity index is 3.40. The van der Waals surface area contributed by atoms with Crippen LogP contribution < -0.4 is 10.6 Å². The van der Waals surface area contributed by atoms with Crippen molar-refractivity contribution in [1.82, 2.24) is 10.6 Å². The molecular weight excluding hydrogens is 236 g/mol. The smallest absolute Gasteiger partial charge is 0.221 e. The molecule has 0 aromatic heterocycles. The molecule has 0 saturated carbocycles. The monoisotopic (exact) mass is 270 g/mol. The molecule has 0 bridgehead atoms. The van der Waals surface area contributed by atoms with Crippen LogP contribution in [0, 0.1) is 5.41 Å². The standard InChI is InChI=1S/C16H34N2O/c1-15(2,3)11-8-7-9-12-17-14(19)10-13-18-16(4,5)6/h18H,7-13H2,1-6H3,(H,17,19). The zero-order valence-electron chi connectivity index (χ0n) is 13.9. The second kappa shape index (κ2) is 8.57. The van der Waals surface area contributed by atoms with E-state index in [1.807, 2.05) is 0 Å². The largest absolute Gasteiger partial charge is 0.356 e. The molecule has 0 fully saturated rings. The third-order valence-corrected chi connectivity index (χ3v) is 2.93. The van der Waals surface area contributed by atoms with Gasteiger partial charge in [0.1, 0.15) is 0 Å². The van der Waals surface area contributed by atoms with Crippen LogP contribution in [0.3, 0.4) is 0 Å². The van der Waals surface area contributed by atoms with Crippen LogP contribution in [-0.4, -0.2) is 24.5 Å². The quantitative estimate of drug-likeness (QED) is 0.663. The number of hydrogen-bond acceptors (Lipinski definition) is 2. The minimum absolute atomic E-state index is 0.0905. The van der Waals surface area contributed by atoms with Crippen LogP contribution in [0.5, 0.6) is 0 Å². The first-order valence-corrected chi connectivity index (χ1v) is 7.62. The topological polar surface area (TPSA) is 41.1 Å². The Labute approximate surface area is 119 Å². The fourth-order valence-corrected chi connectivity index (χ4v) is 1.82. The highest BCUT2D eigenvalue weighted by molar-refractivity contribution is 5.75. The van der Waals surface area contributed by atoms with E-state index in [2.05, 4.69) is 52.2 Å². The molecule has 0 aliphatic heterocycles. The van der Waals surface area contributed by atoms with Crippen LogP contribution in [0.15, 0.2) is 0 Å². The molecule has 0 spiro atoms. The lowest BCUT2D eigenvalue weighted by Crippen LogP contribution is -2.38. The normalized spacial score (nSPS) is 12.5. The van der Waals surface area contributed by atoms with E-state index in [0.29, 0.717) is 11.8 Å². The van der Waals surface area contributed by atoms with E-state index < -0.39 is 0 Å². The Morgan fingerprint density at radius 1 is 0.895 bits per heavy atom. The van der Waals surface area contributed by atoms with Crippen LogP contribution in [0.4, 0.5) is 0 Å². The lowest BCUT2D eigenvalue weighted by Gasteiger charge is -2.20. The minimum atomic E-state index is 0.0905. The SMILES string of the molecule is CC(C)(C)CCCCCNC(=O)CCNC(C)(C)C. The average molecular weight is 270 g/mol. The van der Waals surface area contributed by atoms with E-state index in [4.69, 9.17) is 0 Å². The predicted molar refractivity (Wildman–Crippen MR) is 83.3 cm³/mol. The molecule has 2 N–H and O–H groups in total. The van der Waals surface area contributed by atoms with Crippen molar-refractivity contribution in [1.29, 1.82) is 0 Å². The molecule has 0 heterocycles. The van der Waals surface area contributed by atoms with Gasteiger partial charge in [-0.3, -0.25) is 4.79 Å². The molecule has 0 saturated heterocycles. The Morgan fingerprint density at radius 2 is 1.53 bits per heavy atom. The Morgan fingerprint density at radius 3 is 2.05 bits per heavy atom. The van der Waals surface area contributed by atoms with E-state index in [1.165, 1.54) is 19.3 Å². The average Bonchev–Trinajstić information content (AvgIpc) is 2.19. The van der Waals surface area contributed by atoms with Crippen molar-refractivity contribution in [3.63, 3.8) is 0 Å². The minimum Gasteiger partial charge on any atom is -0.356 e. The molecule has 0 aromatic rings. The Hall–Kier alpha value is -0.570. The fourth-order valence-electron chi connectivity index (χ4n) is 1.82.